The number of ether oxygens (including phenoxy) is 2. The molecule has 1 unspecified atom stereocenters. The van der Waals surface area contributed by atoms with E-state index in [1.165, 1.54) is 0 Å². The van der Waals surface area contributed by atoms with Gasteiger partial charge >= 0.3 is 0 Å². The van der Waals surface area contributed by atoms with E-state index in [4.69, 9.17) is 15.2 Å². The van der Waals surface area contributed by atoms with Crippen molar-refractivity contribution < 1.29 is 14.3 Å². The molecule has 10 heteroatoms. The minimum Gasteiger partial charge on any atom is -0.484 e. The Hall–Kier alpha value is -3.14. The first-order valence-electron chi connectivity index (χ1n) is 10.0. The zero-order chi connectivity index (χ0) is 21.3. The smallest absolute Gasteiger partial charge is 0.255 e. The van der Waals surface area contributed by atoms with Crippen LogP contribution >= 0.6 is 0 Å². The number of fused-ring (bicyclic) bond motifs is 1. The summed E-state index contributed by atoms with van der Waals surface area (Å²) in [7, 11) is 1.64. The van der Waals surface area contributed by atoms with Crippen LogP contribution in [0, 0.1) is 0 Å². The van der Waals surface area contributed by atoms with Crippen molar-refractivity contribution in [3.05, 3.63) is 41.5 Å². The predicted molar refractivity (Wildman–Crippen MR) is 112 cm³/mol. The Bertz CT molecular complexity index is 881. The topological polar surface area (TPSA) is 129 Å². The van der Waals surface area contributed by atoms with Crippen molar-refractivity contribution in [2.75, 3.05) is 20.3 Å². The van der Waals surface area contributed by atoms with Crippen molar-refractivity contribution >= 4 is 11.9 Å². The lowest BCUT2D eigenvalue weighted by Gasteiger charge is -2.25. The molecule has 1 amide bonds. The summed E-state index contributed by atoms with van der Waals surface area (Å²) < 4.78 is 12.4. The van der Waals surface area contributed by atoms with Crippen molar-refractivity contribution in [1.29, 1.82) is 0 Å². The summed E-state index contributed by atoms with van der Waals surface area (Å²) in [6, 6.07) is 7.68. The molecule has 10 nitrogen and oxygen atoms in total. The quantitative estimate of drug-likeness (QED) is 0.398. The van der Waals surface area contributed by atoms with Crippen molar-refractivity contribution in [2.24, 2.45) is 10.7 Å². The highest BCUT2D eigenvalue weighted by Gasteiger charge is 2.22. The van der Waals surface area contributed by atoms with Gasteiger partial charge in [-0.3, -0.25) is 4.79 Å². The van der Waals surface area contributed by atoms with Crippen LogP contribution in [0.15, 0.2) is 29.3 Å². The van der Waals surface area contributed by atoms with Crippen LogP contribution in [0.25, 0.3) is 0 Å². The number of aliphatic imine (C=N–C) groups is 1. The SMILES string of the molecule is CCNC(=NCc1cccc(OCC(N)=O)c1)NC1CCc2nc(COC)nn2C1. The number of aryl methyl sites for hydroxylation is 1. The maximum absolute atomic E-state index is 10.9. The van der Waals surface area contributed by atoms with E-state index in [0.717, 1.165) is 43.3 Å². The summed E-state index contributed by atoms with van der Waals surface area (Å²) in [5, 5.41) is 11.3. The van der Waals surface area contributed by atoms with Gasteiger partial charge in [0.2, 0.25) is 0 Å². The third-order valence-corrected chi connectivity index (χ3v) is 4.56. The van der Waals surface area contributed by atoms with E-state index in [1.54, 1.807) is 13.2 Å². The Balaban J connectivity index is 1.61. The summed E-state index contributed by atoms with van der Waals surface area (Å²) >= 11 is 0. The average molecular weight is 415 g/mol. The van der Waals surface area contributed by atoms with Crippen molar-refractivity contribution in [3.63, 3.8) is 0 Å². The maximum Gasteiger partial charge on any atom is 0.255 e. The van der Waals surface area contributed by atoms with Gasteiger partial charge in [-0.1, -0.05) is 12.1 Å². The Morgan fingerprint density at radius 2 is 2.30 bits per heavy atom. The molecular formula is C20H29N7O3. The van der Waals surface area contributed by atoms with Crippen LogP contribution in [-0.4, -0.2) is 52.9 Å². The highest BCUT2D eigenvalue weighted by atomic mass is 16.5. The number of hydrogen-bond donors (Lipinski definition) is 3. The van der Waals surface area contributed by atoms with Gasteiger partial charge in [0.25, 0.3) is 5.91 Å². The van der Waals surface area contributed by atoms with E-state index in [9.17, 15) is 4.79 Å². The lowest BCUT2D eigenvalue weighted by atomic mass is 10.1. The fourth-order valence-corrected chi connectivity index (χ4v) is 3.24. The first kappa shape index (κ1) is 21.6. The molecule has 0 saturated carbocycles. The van der Waals surface area contributed by atoms with Gasteiger partial charge in [-0.25, -0.2) is 14.7 Å². The number of methoxy groups -OCH3 is 1. The van der Waals surface area contributed by atoms with Crippen molar-refractivity contribution in [1.82, 2.24) is 25.4 Å². The first-order chi connectivity index (χ1) is 14.6. The van der Waals surface area contributed by atoms with Crippen LogP contribution in [0.4, 0.5) is 0 Å². The average Bonchev–Trinajstić information content (AvgIpc) is 3.13. The molecule has 30 heavy (non-hydrogen) atoms. The molecule has 4 N–H and O–H groups in total. The van der Waals surface area contributed by atoms with E-state index in [1.807, 2.05) is 29.8 Å². The molecule has 2 aromatic rings. The first-order valence-corrected chi connectivity index (χ1v) is 10.0. The van der Waals surface area contributed by atoms with Crippen LogP contribution in [0.5, 0.6) is 5.75 Å². The largest absolute Gasteiger partial charge is 0.484 e. The summed E-state index contributed by atoms with van der Waals surface area (Å²) in [4.78, 5) is 20.1. The lowest BCUT2D eigenvalue weighted by Crippen LogP contribution is -2.47. The molecule has 0 radical (unpaired) electrons. The number of nitrogens with one attached hydrogen (secondary N) is 2. The van der Waals surface area contributed by atoms with Gasteiger partial charge in [-0.05, 0) is 31.0 Å². The molecule has 0 saturated heterocycles. The molecule has 1 atom stereocenters. The highest BCUT2D eigenvalue weighted by molar-refractivity contribution is 5.80. The Kier molecular flexibility index (Phi) is 7.61. The minimum atomic E-state index is -0.505. The number of carbonyl (C=O) groups excluding carboxylic acids is 1. The third-order valence-electron chi connectivity index (χ3n) is 4.56. The fourth-order valence-electron chi connectivity index (χ4n) is 3.24. The van der Waals surface area contributed by atoms with E-state index < -0.39 is 5.91 Å². The molecule has 1 aliphatic rings. The van der Waals surface area contributed by atoms with Gasteiger partial charge in [0.05, 0.1) is 13.1 Å². The highest BCUT2D eigenvalue weighted by Crippen LogP contribution is 2.15. The molecule has 1 aliphatic heterocycles. The molecule has 2 heterocycles. The molecule has 0 fully saturated rings. The van der Waals surface area contributed by atoms with Gasteiger partial charge < -0.3 is 25.8 Å². The number of primary amides is 1. The number of nitrogens with two attached hydrogens (primary N) is 1. The fraction of sp³-hybridized carbons (Fsp3) is 0.500. The lowest BCUT2D eigenvalue weighted by molar-refractivity contribution is -0.119. The monoisotopic (exact) mass is 415 g/mol. The predicted octanol–water partition coefficient (Wildman–Crippen LogP) is 0.359. The van der Waals surface area contributed by atoms with E-state index in [0.29, 0.717) is 24.7 Å². The Labute approximate surface area is 175 Å². The van der Waals surface area contributed by atoms with E-state index in [-0.39, 0.29) is 12.6 Å². The molecule has 0 spiro atoms. The number of guanidine groups is 1. The van der Waals surface area contributed by atoms with Gasteiger partial charge in [0, 0.05) is 26.1 Å². The number of hydrogen-bond acceptors (Lipinski definition) is 6. The number of carbonyl (C=O) groups is 1. The molecule has 1 aromatic heterocycles. The third kappa shape index (κ3) is 6.18. The second-order valence-electron chi connectivity index (χ2n) is 7.04. The van der Waals surface area contributed by atoms with Crippen LogP contribution in [0.2, 0.25) is 0 Å². The standard InChI is InChI=1S/C20H29N7O3/c1-3-22-20(23-10-14-5-4-6-16(9-14)30-12-17(21)28)24-15-7-8-19-25-18(13-29-2)26-27(19)11-15/h4-6,9,15H,3,7-8,10-13H2,1-2H3,(H2,21,28)(H2,22,23,24). The van der Waals surface area contributed by atoms with Crippen LogP contribution < -0.4 is 21.1 Å². The maximum atomic E-state index is 10.9. The van der Waals surface area contributed by atoms with Crippen LogP contribution in [0.3, 0.4) is 0 Å². The summed E-state index contributed by atoms with van der Waals surface area (Å²) in [6.45, 7) is 4.27. The molecule has 0 aliphatic carbocycles. The van der Waals surface area contributed by atoms with Crippen LogP contribution in [0.1, 0.15) is 30.6 Å². The van der Waals surface area contributed by atoms with Crippen LogP contribution in [-0.2, 0) is 35.6 Å². The van der Waals surface area contributed by atoms with Gasteiger partial charge in [0.15, 0.2) is 18.4 Å². The minimum absolute atomic E-state index is 0.144. The summed E-state index contributed by atoms with van der Waals surface area (Å²) in [5.41, 5.74) is 6.10. The molecule has 0 bridgehead atoms. The van der Waals surface area contributed by atoms with Crippen molar-refractivity contribution in [3.8, 4) is 5.75 Å². The summed E-state index contributed by atoms with van der Waals surface area (Å²) in [6.07, 6.45) is 1.80. The van der Waals surface area contributed by atoms with Gasteiger partial charge in [0.1, 0.15) is 18.2 Å². The second kappa shape index (κ2) is 10.6. The van der Waals surface area contributed by atoms with Gasteiger partial charge in [-0.15, -0.1) is 0 Å². The van der Waals surface area contributed by atoms with Crippen molar-refractivity contribution in [2.45, 2.75) is 45.5 Å². The number of nitrogens with zero attached hydrogens (tertiary/aromatic N) is 4. The van der Waals surface area contributed by atoms with Gasteiger partial charge in [-0.2, -0.15) is 5.10 Å². The number of rotatable bonds is 9. The number of benzene rings is 1. The zero-order valence-electron chi connectivity index (χ0n) is 17.4. The Morgan fingerprint density at radius 1 is 1.43 bits per heavy atom. The zero-order valence-corrected chi connectivity index (χ0v) is 17.4. The van der Waals surface area contributed by atoms with E-state index >= 15 is 0 Å². The second-order valence-corrected chi connectivity index (χ2v) is 7.04. The van der Waals surface area contributed by atoms with E-state index in [2.05, 4.69) is 25.7 Å². The Morgan fingerprint density at radius 3 is 3.07 bits per heavy atom. The summed E-state index contributed by atoms with van der Waals surface area (Å²) in [5.74, 6) is 2.54. The molecular weight excluding hydrogens is 386 g/mol. The number of amides is 1. The number of aromatic nitrogens is 3. The normalized spacial score (nSPS) is 16.1. The molecule has 3 rings (SSSR count). The molecule has 1 aromatic carbocycles. The molecule has 162 valence electrons.